The van der Waals surface area contributed by atoms with Gasteiger partial charge in [-0.1, -0.05) is 13.0 Å². The molecular weight excluding hydrogens is 530 g/mol. The van der Waals surface area contributed by atoms with E-state index in [0.717, 1.165) is 19.2 Å². The van der Waals surface area contributed by atoms with Crippen molar-refractivity contribution >= 4 is 22.7 Å². The number of nitrogens with zero attached hydrogens (tertiary/aromatic N) is 3. The molecular formula is C26H29N3O11. The highest BCUT2D eigenvalue weighted by Crippen LogP contribution is 2.34. The van der Waals surface area contributed by atoms with Crippen molar-refractivity contribution in [2.24, 2.45) is 0 Å². The number of esters is 2. The first-order valence-corrected chi connectivity index (χ1v) is 12.1. The summed E-state index contributed by atoms with van der Waals surface area (Å²) in [4.78, 5) is 63.5. The number of rotatable bonds is 11. The van der Waals surface area contributed by atoms with Gasteiger partial charge >= 0.3 is 29.0 Å². The number of phenols is 2. The lowest BCUT2D eigenvalue weighted by molar-refractivity contribution is 0.0206. The minimum Gasteiger partial charge on any atom is -0.507 e. The van der Waals surface area contributed by atoms with E-state index < -0.39 is 65.9 Å². The van der Waals surface area contributed by atoms with Crippen molar-refractivity contribution in [3.8, 4) is 11.5 Å². The highest BCUT2D eigenvalue weighted by molar-refractivity contribution is 6.14. The zero-order valence-electron chi connectivity index (χ0n) is 21.8. The molecule has 3 aromatic rings. The molecule has 1 heterocycles. The minimum absolute atomic E-state index is 0.0442. The largest absolute Gasteiger partial charge is 0.507 e. The number of allylic oxidation sites excluding steroid dienone is 1. The second kappa shape index (κ2) is 12.4. The Morgan fingerprint density at radius 1 is 0.850 bits per heavy atom. The standard InChI is InChI=1S/C26H29N3O11/c1-4-10-27-24(36)28(11-14(30)5-2)26(38)29(25(27)37)12-15(31)13-40-23(35)21-17-7-8-18(32)20(22(34)39-3)16(17)6-9-19(21)33/h4,6-9,14-15,30-33H,1,5,10-13H2,2-3H3. The molecule has 2 atom stereocenters. The summed E-state index contributed by atoms with van der Waals surface area (Å²) in [5.41, 5.74) is -3.68. The Balaban J connectivity index is 1.91. The van der Waals surface area contributed by atoms with Crippen molar-refractivity contribution in [3.05, 3.63) is 79.5 Å². The molecule has 0 radical (unpaired) electrons. The van der Waals surface area contributed by atoms with Crippen LogP contribution in [0.25, 0.3) is 10.8 Å². The van der Waals surface area contributed by atoms with Gasteiger partial charge in [0.2, 0.25) is 0 Å². The van der Waals surface area contributed by atoms with Crippen LogP contribution in [0.3, 0.4) is 0 Å². The van der Waals surface area contributed by atoms with Crippen LogP contribution in [0, 0.1) is 0 Å². The van der Waals surface area contributed by atoms with Crippen molar-refractivity contribution in [1.82, 2.24) is 13.7 Å². The number of fused-ring (bicyclic) bond motifs is 1. The number of aliphatic hydroxyl groups is 2. The fourth-order valence-corrected chi connectivity index (χ4v) is 4.04. The number of aliphatic hydroxyl groups excluding tert-OH is 2. The average Bonchev–Trinajstić information content (AvgIpc) is 2.93. The summed E-state index contributed by atoms with van der Waals surface area (Å²) in [6.07, 6.45) is -1.17. The summed E-state index contributed by atoms with van der Waals surface area (Å²) in [7, 11) is 1.10. The topological polar surface area (TPSA) is 200 Å². The average molecular weight is 560 g/mol. The van der Waals surface area contributed by atoms with Crippen LogP contribution in [0.15, 0.2) is 51.3 Å². The molecule has 0 aliphatic heterocycles. The van der Waals surface area contributed by atoms with Gasteiger partial charge in [0.25, 0.3) is 0 Å². The fraction of sp³-hybridized carbons (Fsp3) is 0.346. The molecule has 2 aromatic carbocycles. The summed E-state index contributed by atoms with van der Waals surface area (Å²) in [6, 6.07) is 4.81. The number of carbonyl (C=O) groups is 2. The number of benzene rings is 2. The van der Waals surface area contributed by atoms with Crippen LogP contribution in [-0.4, -0.2) is 72.0 Å². The van der Waals surface area contributed by atoms with Gasteiger partial charge in [-0.3, -0.25) is 0 Å². The van der Waals surface area contributed by atoms with E-state index >= 15 is 0 Å². The van der Waals surface area contributed by atoms with Gasteiger partial charge in [-0.15, -0.1) is 6.58 Å². The Hall–Kier alpha value is -4.69. The zero-order chi connectivity index (χ0) is 29.7. The molecule has 214 valence electrons. The summed E-state index contributed by atoms with van der Waals surface area (Å²) < 4.78 is 11.7. The molecule has 14 heteroatoms. The predicted octanol–water partition coefficient (Wildman–Crippen LogP) is -0.302. The summed E-state index contributed by atoms with van der Waals surface area (Å²) in [5.74, 6) is -2.93. The van der Waals surface area contributed by atoms with Gasteiger partial charge in [0.1, 0.15) is 35.3 Å². The van der Waals surface area contributed by atoms with Crippen molar-refractivity contribution < 1.29 is 39.5 Å². The van der Waals surface area contributed by atoms with E-state index in [1.807, 2.05) is 0 Å². The molecule has 0 saturated heterocycles. The number of hydrogen-bond acceptors (Lipinski definition) is 11. The molecule has 0 aliphatic carbocycles. The van der Waals surface area contributed by atoms with E-state index in [2.05, 4.69) is 11.3 Å². The Kier molecular flexibility index (Phi) is 9.29. The Bertz CT molecular complexity index is 1630. The van der Waals surface area contributed by atoms with E-state index in [1.54, 1.807) is 6.92 Å². The summed E-state index contributed by atoms with van der Waals surface area (Å²) in [6.45, 7) is 3.08. The van der Waals surface area contributed by atoms with Crippen LogP contribution in [0.5, 0.6) is 11.5 Å². The fourth-order valence-electron chi connectivity index (χ4n) is 4.04. The normalized spacial score (nSPS) is 12.6. The lowest BCUT2D eigenvalue weighted by atomic mass is 9.98. The number of carbonyl (C=O) groups excluding carboxylic acids is 2. The molecule has 2 unspecified atom stereocenters. The van der Waals surface area contributed by atoms with Gasteiger partial charge in [0.15, 0.2) is 0 Å². The van der Waals surface area contributed by atoms with Gasteiger partial charge in [-0.05, 0) is 30.7 Å². The maximum absolute atomic E-state index is 12.9. The molecule has 0 aliphatic rings. The molecule has 4 N–H and O–H groups in total. The quantitative estimate of drug-likeness (QED) is 0.178. The van der Waals surface area contributed by atoms with E-state index in [4.69, 9.17) is 4.74 Å². The number of aromatic hydroxyl groups is 2. The van der Waals surface area contributed by atoms with Crippen molar-refractivity contribution in [2.75, 3.05) is 13.7 Å². The Labute approximate surface area is 226 Å². The van der Waals surface area contributed by atoms with Gasteiger partial charge in [0.05, 0.1) is 32.8 Å². The molecule has 1 aromatic heterocycles. The van der Waals surface area contributed by atoms with E-state index in [9.17, 15) is 44.4 Å². The van der Waals surface area contributed by atoms with Crippen LogP contribution in [0.1, 0.15) is 34.1 Å². The second-order valence-corrected chi connectivity index (χ2v) is 8.79. The number of hydrogen-bond donors (Lipinski definition) is 4. The third kappa shape index (κ3) is 5.82. The molecule has 0 spiro atoms. The summed E-state index contributed by atoms with van der Waals surface area (Å²) in [5, 5.41) is 41.1. The first-order valence-electron chi connectivity index (χ1n) is 12.1. The third-order valence-corrected chi connectivity index (χ3v) is 6.11. The molecule has 0 saturated carbocycles. The highest BCUT2D eigenvalue weighted by atomic mass is 16.5. The first-order chi connectivity index (χ1) is 19.0. The van der Waals surface area contributed by atoms with E-state index in [-0.39, 0.29) is 41.4 Å². The van der Waals surface area contributed by atoms with Gasteiger partial charge in [-0.2, -0.15) is 0 Å². The number of phenolic OH excluding ortho intramolecular Hbond substituents is 2. The van der Waals surface area contributed by atoms with Crippen LogP contribution in [-0.2, 0) is 29.1 Å². The molecule has 14 nitrogen and oxygen atoms in total. The van der Waals surface area contributed by atoms with Crippen LogP contribution in [0.4, 0.5) is 0 Å². The molecule has 0 amide bonds. The molecule has 0 fully saturated rings. The van der Waals surface area contributed by atoms with Crippen LogP contribution in [0.2, 0.25) is 0 Å². The van der Waals surface area contributed by atoms with Gasteiger partial charge in [0, 0.05) is 10.8 Å². The first kappa shape index (κ1) is 29.9. The van der Waals surface area contributed by atoms with Gasteiger partial charge in [-0.25, -0.2) is 37.7 Å². The Morgan fingerprint density at radius 3 is 1.80 bits per heavy atom. The number of aromatic nitrogens is 3. The number of methoxy groups -OCH3 is 1. The molecule has 40 heavy (non-hydrogen) atoms. The van der Waals surface area contributed by atoms with E-state index in [1.165, 1.54) is 18.2 Å². The SMILES string of the molecule is C=CCn1c(=O)n(CC(O)CC)c(=O)n(CC(O)COC(=O)c2c(O)ccc3c(C(=O)OC)c(O)ccc23)c1=O. The highest BCUT2D eigenvalue weighted by Gasteiger charge is 2.24. The lowest BCUT2D eigenvalue weighted by Gasteiger charge is -2.17. The van der Waals surface area contributed by atoms with Crippen molar-refractivity contribution in [1.29, 1.82) is 0 Å². The van der Waals surface area contributed by atoms with Gasteiger partial charge < -0.3 is 29.9 Å². The maximum atomic E-state index is 12.9. The number of ether oxygens (including phenoxy) is 2. The van der Waals surface area contributed by atoms with Crippen molar-refractivity contribution in [2.45, 2.75) is 45.2 Å². The third-order valence-electron chi connectivity index (χ3n) is 6.11. The summed E-state index contributed by atoms with van der Waals surface area (Å²) >= 11 is 0. The monoisotopic (exact) mass is 559 g/mol. The van der Waals surface area contributed by atoms with E-state index in [0.29, 0.717) is 13.7 Å². The smallest absolute Gasteiger partial charge is 0.342 e. The minimum atomic E-state index is -1.61. The lowest BCUT2D eigenvalue weighted by Crippen LogP contribution is -2.56. The van der Waals surface area contributed by atoms with Crippen molar-refractivity contribution in [3.63, 3.8) is 0 Å². The Morgan fingerprint density at radius 2 is 1.32 bits per heavy atom. The molecule has 0 bridgehead atoms. The molecule has 3 rings (SSSR count). The maximum Gasteiger partial charge on any atom is 0.342 e. The van der Waals surface area contributed by atoms with Crippen LogP contribution < -0.4 is 17.1 Å². The predicted molar refractivity (Wildman–Crippen MR) is 141 cm³/mol. The second-order valence-electron chi connectivity index (χ2n) is 8.79. The zero-order valence-corrected chi connectivity index (χ0v) is 21.8. The van der Waals surface area contributed by atoms with Crippen LogP contribution >= 0.6 is 0 Å².